The summed E-state index contributed by atoms with van der Waals surface area (Å²) in [5.41, 5.74) is 2.87. The first kappa shape index (κ1) is 13.7. The van der Waals surface area contributed by atoms with Crippen LogP contribution >= 0.6 is 0 Å². The Hall–Kier alpha value is -1.77. The number of aliphatic hydroxyl groups excluding tert-OH is 1. The van der Waals surface area contributed by atoms with Gasteiger partial charge in [-0.05, 0) is 13.0 Å². The molecule has 1 aliphatic rings. The minimum absolute atomic E-state index is 0.0491. The number of hydrogen-bond donors (Lipinski definition) is 3. The maximum atomic E-state index is 12.0. The second-order valence-electron chi connectivity index (χ2n) is 4.41. The molecule has 0 bridgehead atoms. The van der Waals surface area contributed by atoms with E-state index in [9.17, 15) is 19.5 Å². The number of ketones is 1. The molecule has 0 spiro atoms. The normalized spacial score (nSPS) is 26.8. The first-order chi connectivity index (χ1) is 9.02. The first-order valence-corrected chi connectivity index (χ1v) is 5.86. The van der Waals surface area contributed by atoms with E-state index >= 15 is 0 Å². The van der Waals surface area contributed by atoms with Crippen LogP contribution in [0.15, 0.2) is 21.9 Å². The molecule has 104 valence electrons. The largest absolute Gasteiger partial charge is 0.393 e. The molecular formula is C11H15N3O5. The Balaban J connectivity index is 2.32. The molecule has 2 rings (SSSR count). The van der Waals surface area contributed by atoms with Crippen molar-refractivity contribution in [1.29, 1.82) is 0 Å². The molecule has 1 aromatic heterocycles. The lowest BCUT2D eigenvalue weighted by Crippen LogP contribution is -2.42. The zero-order valence-electron chi connectivity index (χ0n) is 10.2. The average molecular weight is 269 g/mol. The zero-order valence-corrected chi connectivity index (χ0v) is 10.2. The minimum Gasteiger partial charge on any atom is -0.393 e. The van der Waals surface area contributed by atoms with Gasteiger partial charge in [-0.3, -0.25) is 19.1 Å². The number of ether oxygens (including phenoxy) is 1. The number of aromatic nitrogens is 2. The predicted molar refractivity (Wildman–Crippen MR) is 64.6 cm³/mol. The SMILES string of the molecule is NCC[C@]1(CO)O[C@@H](n2ccc(=O)[nH]c2=O)CC1=O. The van der Waals surface area contributed by atoms with Gasteiger partial charge in [0.25, 0.3) is 5.56 Å². The highest BCUT2D eigenvalue weighted by Gasteiger charge is 2.47. The molecule has 0 amide bonds. The van der Waals surface area contributed by atoms with Crippen LogP contribution in [0.2, 0.25) is 0 Å². The van der Waals surface area contributed by atoms with Gasteiger partial charge in [0.1, 0.15) is 6.23 Å². The van der Waals surface area contributed by atoms with E-state index in [-0.39, 0.29) is 25.2 Å². The molecule has 2 heterocycles. The molecular weight excluding hydrogens is 254 g/mol. The van der Waals surface area contributed by atoms with Crippen LogP contribution in [0.1, 0.15) is 19.1 Å². The Morgan fingerprint density at radius 1 is 1.53 bits per heavy atom. The Kier molecular flexibility index (Phi) is 3.65. The summed E-state index contributed by atoms with van der Waals surface area (Å²) in [6.07, 6.45) is 0.550. The van der Waals surface area contributed by atoms with Crippen LogP contribution in [0.25, 0.3) is 0 Å². The molecule has 1 saturated heterocycles. The molecule has 19 heavy (non-hydrogen) atoms. The fourth-order valence-corrected chi connectivity index (χ4v) is 2.16. The molecule has 0 aliphatic carbocycles. The number of hydrogen-bond acceptors (Lipinski definition) is 6. The van der Waals surface area contributed by atoms with Gasteiger partial charge >= 0.3 is 5.69 Å². The van der Waals surface area contributed by atoms with E-state index in [4.69, 9.17) is 10.5 Å². The number of nitrogens with one attached hydrogen (secondary N) is 1. The van der Waals surface area contributed by atoms with Gasteiger partial charge in [0.2, 0.25) is 0 Å². The average Bonchev–Trinajstić information content (AvgIpc) is 2.67. The third kappa shape index (κ3) is 2.37. The van der Waals surface area contributed by atoms with E-state index in [1.54, 1.807) is 0 Å². The Morgan fingerprint density at radius 3 is 2.84 bits per heavy atom. The number of aliphatic hydroxyl groups is 1. The van der Waals surface area contributed by atoms with Gasteiger partial charge in [-0.15, -0.1) is 0 Å². The van der Waals surface area contributed by atoms with Gasteiger partial charge in [-0.1, -0.05) is 0 Å². The number of H-pyrrole nitrogens is 1. The molecule has 1 fully saturated rings. The summed E-state index contributed by atoms with van der Waals surface area (Å²) < 4.78 is 6.64. The third-order valence-electron chi connectivity index (χ3n) is 3.19. The smallest absolute Gasteiger partial charge is 0.330 e. The molecule has 2 atom stereocenters. The van der Waals surface area contributed by atoms with Gasteiger partial charge in [0.05, 0.1) is 13.0 Å². The van der Waals surface area contributed by atoms with Crippen LogP contribution in [-0.4, -0.2) is 39.2 Å². The van der Waals surface area contributed by atoms with E-state index in [1.165, 1.54) is 6.20 Å². The van der Waals surface area contributed by atoms with Crippen molar-refractivity contribution < 1.29 is 14.6 Å². The zero-order chi connectivity index (χ0) is 14.0. The Morgan fingerprint density at radius 2 is 2.26 bits per heavy atom. The quantitative estimate of drug-likeness (QED) is 0.586. The van der Waals surface area contributed by atoms with Gasteiger partial charge in [0.15, 0.2) is 11.4 Å². The van der Waals surface area contributed by atoms with Gasteiger partial charge in [-0.25, -0.2) is 4.79 Å². The number of carbonyl (C=O) groups excluding carboxylic acids is 1. The molecule has 0 radical (unpaired) electrons. The van der Waals surface area contributed by atoms with Gasteiger partial charge in [0, 0.05) is 12.3 Å². The van der Waals surface area contributed by atoms with E-state index in [0.717, 1.165) is 10.6 Å². The molecule has 0 unspecified atom stereocenters. The Bertz CT molecular complexity index is 592. The second kappa shape index (κ2) is 5.08. The number of rotatable bonds is 4. The molecule has 8 nitrogen and oxygen atoms in total. The summed E-state index contributed by atoms with van der Waals surface area (Å²) in [6.45, 7) is -0.308. The van der Waals surface area contributed by atoms with Gasteiger partial charge < -0.3 is 15.6 Å². The Labute approximate surface area is 107 Å². The van der Waals surface area contributed by atoms with E-state index in [0.29, 0.717) is 0 Å². The summed E-state index contributed by atoms with van der Waals surface area (Å²) in [5.74, 6) is -0.302. The van der Waals surface area contributed by atoms with Crippen molar-refractivity contribution in [1.82, 2.24) is 9.55 Å². The molecule has 1 aromatic rings. The number of Topliss-reactive ketones (excluding diaryl/α,β-unsaturated/α-hetero) is 1. The fourth-order valence-electron chi connectivity index (χ4n) is 2.16. The second-order valence-corrected chi connectivity index (χ2v) is 4.41. The molecule has 0 saturated carbocycles. The first-order valence-electron chi connectivity index (χ1n) is 5.86. The predicted octanol–water partition coefficient (Wildman–Crippen LogP) is -1.90. The lowest BCUT2D eigenvalue weighted by molar-refractivity contribution is -0.143. The van der Waals surface area contributed by atoms with Crippen molar-refractivity contribution >= 4 is 5.78 Å². The maximum absolute atomic E-state index is 12.0. The minimum atomic E-state index is -1.35. The van der Waals surface area contributed by atoms with Crippen LogP contribution in [0.3, 0.4) is 0 Å². The summed E-state index contributed by atoms with van der Waals surface area (Å²) in [6, 6.07) is 1.16. The lowest BCUT2D eigenvalue weighted by atomic mass is 9.95. The molecule has 1 aliphatic heterocycles. The number of carbonyl (C=O) groups is 1. The summed E-state index contributed by atoms with van der Waals surface area (Å²) in [7, 11) is 0. The van der Waals surface area contributed by atoms with Crippen LogP contribution in [0.5, 0.6) is 0 Å². The number of aromatic amines is 1. The standard InChI is InChI=1S/C11H15N3O5/c12-3-2-11(6-15)7(16)5-9(19-11)14-4-1-8(17)13-10(14)18/h1,4,9,15H,2-3,5-6,12H2,(H,13,17,18)/t9-,11-/m1/s1. The van der Waals surface area contributed by atoms with Crippen molar-refractivity contribution in [3.05, 3.63) is 33.1 Å². The van der Waals surface area contributed by atoms with Crippen molar-refractivity contribution in [2.24, 2.45) is 5.73 Å². The van der Waals surface area contributed by atoms with Crippen LogP contribution in [-0.2, 0) is 9.53 Å². The van der Waals surface area contributed by atoms with Gasteiger partial charge in [-0.2, -0.15) is 0 Å². The number of nitrogens with two attached hydrogens (primary N) is 1. The van der Waals surface area contributed by atoms with Crippen molar-refractivity contribution in [2.45, 2.75) is 24.7 Å². The van der Waals surface area contributed by atoms with Crippen LogP contribution in [0.4, 0.5) is 0 Å². The molecule has 4 N–H and O–H groups in total. The number of nitrogens with zero attached hydrogens (tertiary/aromatic N) is 1. The monoisotopic (exact) mass is 269 g/mol. The highest BCUT2D eigenvalue weighted by molar-refractivity contribution is 5.89. The van der Waals surface area contributed by atoms with E-state index in [2.05, 4.69) is 4.98 Å². The van der Waals surface area contributed by atoms with E-state index in [1.807, 2.05) is 0 Å². The highest BCUT2D eigenvalue weighted by atomic mass is 16.5. The summed E-state index contributed by atoms with van der Waals surface area (Å²) in [5, 5.41) is 9.35. The van der Waals surface area contributed by atoms with Crippen molar-refractivity contribution in [3.8, 4) is 0 Å². The van der Waals surface area contributed by atoms with Crippen molar-refractivity contribution in [2.75, 3.05) is 13.2 Å². The van der Waals surface area contributed by atoms with Crippen LogP contribution in [0, 0.1) is 0 Å². The maximum Gasteiger partial charge on any atom is 0.330 e. The summed E-state index contributed by atoms with van der Waals surface area (Å²) >= 11 is 0. The topological polar surface area (TPSA) is 127 Å². The summed E-state index contributed by atoms with van der Waals surface area (Å²) in [4.78, 5) is 36.6. The third-order valence-corrected chi connectivity index (χ3v) is 3.19. The lowest BCUT2D eigenvalue weighted by Gasteiger charge is -2.25. The highest BCUT2D eigenvalue weighted by Crippen LogP contribution is 2.34. The molecule has 8 heteroatoms. The molecule has 0 aromatic carbocycles. The van der Waals surface area contributed by atoms with E-state index < -0.39 is 29.7 Å². The fraction of sp³-hybridized carbons (Fsp3) is 0.545. The van der Waals surface area contributed by atoms with Crippen molar-refractivity contribution in [3.63, 3.8) is 0 Å². The van der Waals surface area contributed by atoms with Crippen LogP contribution < -0.4 is 17.0 Å².